The molecule has 3 nitrogen and oxygen atoms in total. The van der Waals surface area contributed by atoms with Gasteiger partial charge in [0, 0.05) is 5.70 Å². The predicted molar refractivity (Wildman–Crippen MR) is 147 cm³/mol. The summed E-state index contributed by atoms with van der Waals surface area (Å²) in [6.07, 6.45) is 15.9. The Labute approximate surface area is 205 Å². The number of allylic oxidation sites excluding steroid dienone is 9. The Morgan fingerprint density at radius 3 is 2.56 bits per heavy atom. The molecule has 0 bridgehead atoms. The molecule has 1 aliphatic rings. The van der Waals surface area contributed by atoms with E-state index in [-0.39, 0.29) is 17.3 Å². The van der Waals surface area contributed by atoms with E-state index in [4.69, 9.17) is 5.73 Å². The predicted octanol–water partition coefficient (Wildman–Crippen LogP) is 7.87. The van der Waals surface area contributed by atoms with E-state index in [0.717, 1.165) is 29.6 Å². The highest BCUT2D eigenvalue weighted by Gasteiger charge is 2.31. The largest absolute Gasteiger partial charge is 0.390 e. The molecule has 0 fully saturated rings. The Morgan fingerprint density at radius 2 is 1.88 bits per heavy atom. The van der Waals surface area contributed by atoms with Gasteiger partial charge in [0.25, 0.3) is 0 Å². The second-order valence-electron chi connectivity index (χ2n) is 9.84. The smallest absolute Gasteiger partial charge is 0.149 e. The van der Waals surface area contributed by atoms with Gasteiger partial charge >= 0.3 is 0 Å². The second kappa shape index (κ2) is 11.8. The van der Waals surface area contributed by atoms with E-state index in [1.54, 1.807) is 13.0 Å². The fourth-order valence-electron chi connectivity index (χ4n) is 4.24. The lowest BCUT2D eigenvalue weighted by atomic mass is 9.71. The molecular formula is C30H40FN3. The third kappa shape index (κ3) is 7.18. The summed E-state index contributed by atoms with van der Waals surface area (Å²) in [4.78, 5) is 4.44. The fraction of sp³-hybridized carbons (Fsp3) is 0.367. The van der Waals surface area contributed by atoms with Gasteiger partial charge in [-0.25, -0.2) is 4.39 Å². The van der Waals surface area contributed by atoms with Crippen LogP contribution in [0.1, 0.15) is 58.6 Å². The molecule has 4 heteroatoms. The van der Waals surface area contributed by atoms with Crippen LogP contribution in [0.5, 0.6) is 0 Å². The molecule has 0 spiro atoms. The van der Waals surface area contributed by atoms with Crippen LogP contribution < -0.4 is 11.1 Å². The molecule has 34 heavy (non-hydrogen) atoms. The molecule has 182 valence electrons. The van der Waals surface area contributed by atoms with Crippen LogP contribution in [-0.4, -0.2) is 12.4 Å². The zero-order chi connectivity index (χ0) is 25.5. The minimum absolute atomic E-state index is 0.124. The summed E-state index contributed by atoms with van der Waals surface area (Å²) in [7, 11) is 0. The average Bonchev–Trinajstić information content (AvgIpc) is 2.76. The van der Waals surface area contributed by atoms with E-state index in [1.807, 2.05) is 38.1 Å². The van der Waals surface area contributed by atoms with Gasteiger partial charge in [0.2, 0.25) is 0 Å². The number of rotatable bonds is 8. The molecule has 0 saturated heterocycles. The molecule has 1 aromatic rings. The summed E-state index contributed by atoms with van der Waals surface area (Å²) < 4.78 is 14.4. The molecule has 0 saturated carbocycles. The second-order valence-corrected chi connectivity index (χ2v) is 9.84. The Bertz CT molecular complexity index is 1090. The van der Waals surface area contributed by atoms with Gasteiger partial charge in [0.1, 0.15) is 5.82 Å². The first-order chi connectivity index (χ1) is 16.0. The number of aliphatic imine (C=N–C) groups is 1. The minimum Gasteiger partial charge on any atom is -0.390 e. The van der Waals surface area contributed by atoms with Gasteiger partial charge in [0.15, 0.2) is 0 Å². The highest BCUT2D eigenvalue weighted by molar-refractivity contribution is 5.55. The van der Waals surface area contributed by atoms with E-state index in [1.165, 1.54) is 17.5 Å². The number of halogens is 1. The highest BCUT2D eigenvalue weighted by atomic mass is 19.1. The Morgan fingerprint density at radius 1 is 1.18 bits per heavy atom. The Balaban J connectivity index is 2.07. The van der Waals surface area contributed by atoms with Crippen LogP contribution in [0.2, 0.25) is 0 Å². The maximum atomic E-state index is 14.4. The third-order valence-corrected chi connectivity index (χ3v) is 6.55. The van der Waals surface area contributed by atoms with Crippen molar-refractivity contribution in [2.24, 2.45) is 16.1 Å². The van der Waals surface area contributed by atoms with Gasteiger partial charge < -0.3 is 11.1 Å². The Hall–Kier alpha value is -3.14. The molecule has 2 rings (SSSR count). The van der Waals surface area contributed by atoms with Crippen LogP contribution in [0.4, 0.5) is 10.1 Å². The van der Waals surface area contributed by atoms with Crippen LogP contribution in [0, 0.1) is 25.1 Å². The number of hydrogen-bond acceptors (Lipinski definition) is 2. The van der Waals surface area contributed by atoms with E-state index < -0.39 is 0 Å². The molecule has 1 aromatic carbocycles. The molecule has 0 amide bonds. The maximum Gasteiger partial charge on any atom is 0.149 e. The van der Waals surface area contributed by atoms with Gasteiger partial charge in [-0.05, 0) is 92.9 Å². The van der Waals surface area contributed by atoms with Crippen LogP contribution in [-0.2, 0) is 0 Å². The van der Waals surface area contributed by atoms with Crippen molar-refractivity contribution >= 4 is 12.0 Å². The van der Waals surface area contributed by atoms with Gasteiger partial charge in [-0.2, -0.15) is 0 Å². The number of aryl methyl sites for hydroxylation is 1. The number of anilines is 1. The molecule has 0 aromatic heterocycles. The van der Waals surface area contributed by atoms with E-state index in [2.05, 4.69) is 62.8 Å². The summed E-state index contributed by atoms with van der Waals surface area (Å²) in [5.74, 6) is -0.235. The van der Waals surface area contributed by atoms with E-state index in [0.29, 0.717) is 16.9 Å². The molecule has 0 radical (unpaired) electrons. The summed E-state index contributed by atoms with van der Waals surface area (Å²) in [5.41, 5.74) is 13.1. The van der Waals surface area contributed by atoms with Gasteiger partial charge in [-0.15, -0.1) is 0 Å². The lowest BCUT2D eigenvalue weighted by molar-refractivity contribution is 0.360. The SMILES string of the molecule is C=C(/C=C(C)/C=C/C=C(C)/C=C/C1=C(C)C(N=CN)CCC1(C)C)Nc1ccc(C)c(C)c1F. The van der Waals surface area contributed by atoms with Gasteiger partial charge in [-0.1, -0.05) is 62.4 Å². The Kier molecular flexibility index (Phi) is 9.43. The summed E-state index contributed by atoms with van der Waals surface area (Å²) in [6, 6.07) is 3.83. The van der Waals surface area contributed by atoms with E-state index in [9.17, 15) is 4.39 Å². The number of nitrogens with zero attached hydrogens (tertiary/aromatic N) is 1. The van der Waals surface area contributed by atoms with Crippen LogP contribution in [0.15, 0.2) is 88.1 Å². The summed E-state index contributed by atoms with van der Waals surface area (Å²) in [5, 5.41) is 3.06. The topological polar surface area (TPSA) is 50.4 Å². The fourth-order valence-corrected chi connectivity index (χ4v) is 4.24. The van der Waals surface area contributed by atoms with Crippen LogP contribution >= 0.6 is 0 Å². The number of benzene rings is 1. The van der Waals surface area contributed by atoms with Gasteiger partial charge in [-0.3, -0.25) is 4.99 Å². The van der Waals surface area contributed by atoms with Crippen LogP contribution in [0.3, 0.4) is 0 Å². The first-order valence-electron chi connectivity index (χ1n) is 11.8. The normalized spacial score (nSPS) is 19.6. The number of hydrogen-bond donors (Lipinski definition) is 2. The summed E-state index contributed by atoms with van der Waals surface area (Å²) in [6.45, 7) is 18.5. The van der Waals surface area contributed by atoms with Gasteiger partial charge in [0.05, 0.1) is 18.1 Å². The van der Waals surface area contributed by atoms with E-state index >= 15 is 0 Å². The van der Waals surface area contributed by atoms with Crippen molar-refractivity contribution in [1.82, 2.24) is 0 Å². The van der Waals surface area contributed by atoms with Crippen molar-refractivity contribution in [3.05, 3.63) is 100 Å². The monoisotopic (exact) mass is 461 g/mol. The third-order valence-electron chi connectivity index (χ3n) is 6.55. The zero-order valence-electron chi connectivity index (χ0n) is 21.8. The van der Waals surface area contributed by atoms with Crippen molar-refractivity contribution in [1.29, 1.82) is 0 Å². The first-order valence-corrected chi connectivity index (χ1v) is 11.8. The lowest BCUT2D eigenvalue weighted by Gasteiger charge is -2.36. The van der Waals surface area contributed by atoms with Crippen molar-refractivity contribution in [3.63, 3.8) is 0 Å². The molecular weight excluding hydrogens is 421 g/mol. The van der Waals surface area contributed by atoms with Crippen molar-refractivity contribution < 1.29 is 4.39 Å². The molecule has 1 atom stereocenters. The quantitative estimate of drug-likeness (QED) is 0.235. The first kappa shape index (κ1) is 27.1. The highest BCUT2D eigenvalue weighted by Crippen LogP contribution is 2.42. The molecule has 1 aliphatic carbocycles. The number of nitrogens with one attached hydrogen (secondary N) is 1. The van der Waals surface area contributed by atoms with Crippen molar-refractivity contribution in [3.8, 4) is 0 Å². The average molecular weight is 462 g/mol. The molecule has 3 N–H and O–H groups in total. The number of nitrogens with two attached hydrogens (primary N) is 1. The van der Waals surface area contributed by atoms with Crippen LogP contribution in [0.25, 0.3) is 0 Å². The van der Waals surface area contributed by atoms with Crippen molar-refractivity contribution in [2.75, 3.05) is 5.32 Å². The molecule has 0 heterocycles. The molecule has 1 unspecified atom stereocenters. The zero-order valence-corrected chi connectivity index (χ0v) is 21.8. The van der Waals surface area contributed by atoms with Crippen molar-refractivity contribution in [2.45, 2.75) is 67.3 Å². The standard InChI is InChI=1S/C30H40FN3/c1-20(12-14-26-25(6)27(33-19-32)16-17-30(26,7)8)10-9-11-21(2)18-23(4)34-28-15-13-22(3)24(5)29(28)31/h9-15,18-19,27,34H,4,16-17H2,1-3,5-8H3,(H2,32,33)/b11-9+,14-12+,20-10+,21-18+. The maximum absolute atomic E-state index is 14.4. The lowest BCUT2D eigenvalue weighted by Crippen LogP contribution is -2.26. The minimum atomic E-state index is -0.235. The summed E-state index contributed by atoms with van der Waals surface area (Å²) >= 11 is 0. The molecule has 0 aliphatic heterocycles.